The highest BCUT2D eigenvalue weighted by Crippen LogP contribution is 2.23. The molecule has 1 aliphatic carbocycles. The Hall–Kier alpha value is -1.35. The summed E-state index contributed by atoms with van der Waals surface area (Å²) in [6, 6.07) is -0.599. The van der Waals surface area contributed by atoms with E-state index >= 15 is 0 Å². The van der Waals surface area contributed by atoms with Crippen molar-refractivity contribution in [3.05, 3.63) is 0 Å². The van der Waals surface area contributed by atoms with Crippen molar-refractivity contribution in [3.63, 3.8) is 0 Å². The van der Waals surface area contributed by atoms with Crippen molar-refractivity contribution >= 4 is 22.0 Å². The maximum absolute atomic E-state index is 12.0. The summed E-state index contributed by atoms with van der Waals surface area (Å²) in [6.07, 6.45) is 3.52. The second-order valence-electron chi connectivity index (χ2n) is 4.71. The van der Waals surface area contributed by atoms with E-state index in [4.69, 9.17) is 5.11 Å². The van der Waals surface area contributed by atoms with Crippen LogP contribution in [0.15, 0.2) is 0 Å². The lowest BCUT2D eigenvalue weighted by molar-refractivity contribution is -0.138. The smallest absolute Gasteiger partial charge is 0.323 e. The quantitative estimate of drug-likeness (QED) is 0.590. The van der Waals surface area contributed by atoms with Crippen LogP contribution in [-0.4, -0.2) is 62.4 Å². The lowest BCUT2D eigenvalue weighted by Gasteiger charge is -2.27. The molecule has 0 aromatic heterocycles. The van der Waals surface area contributed by atoms with Crippen molar-refractivity contribution in [1.29, 1.82) is 0 Å². The van der Waals surface area contributed by atoms with Crippen molar-refractivity contribution in [2.24, 2.45) is 0 Å². The minimum atomic E-state index is -3.38. The summed E-state index contributed by atoms with van der Waals surface area (Å²) < 4.78 is 24.6. The van der Waals surface area contributed by atoms with E-state index in [-0.39, 0.29) is 24.9 Å². The molecule has 0 aromatic rings. The van der Waals surface area contributed by atoms with Crippen LogP contribution in [0.3, 0.4) is 0 Å². The number of carboxylic acid groups (broad SMARTS) is 1. The Morgan fingerprint density at radius 2 is 1.90 bits per heavy atom. The maximum atomic E-state index is 12.0. The van der Waals surface area contributed by atoms with E-state index in [1.165, 1.54) is 11.9 Å². The number of hydrogen-bond acceptors (Lipinski definition) is 4. The van der Waals surface area contributed by atoms with Gasteiger partial charge in [0.1, 0.15) is 6.54 Å². The second-order valence-corrected chi connectivity index (χ2v) is 6.76. The summed E-state index contributed by atoms with van der Waals surface area (Å²) in [6.45, 7) is -0.417. The number of carbonyl (C=O) groups is 2. The van der Waals surface area contributed by atoms with Gasteiger partial charge < -0.3 is 15.3 Å². The summed E-state index contributed by atoms with van der Waals surface area (Å²) in [7, 11) is -2.08. The van der Waals surface area contributed by atoms with Crippen LogP contribution in [0.2, 0.25) is 0 Å². The first-order valence-corrected chi connectivity index (χ1v) is 8.18. The molecule has 0 bridgehead atoms. The molecule has 0 heterocycles. The Kier molecular flexibility index (Phi) is 6.21. The first-order valence-electron chi connectivity index (χ1n) is 6.53. The van der Waals surface area contributed by atoms with Gasteiger partial charge in [-0.3, -0.25) is 4.79 Å². The van der Waals surface area contributed by atoms with Gasteiger partial charge in [-0.1, -0.05) is 12.8 Å². The average Bonchev–Trinajstić information content (AvgIpc) is 2.89. The zero-order chi connectivity index (χ0) is 15.2. The number of urea groups is 1. The highest BCUT2D eigenvalue weighted by molar-refractivity contribution is 7.89. The number of sulfonamides is 1. The summed E-state index contributed by atoms with van der Waals surface area (Å²) in [5.74, 6) is -1.31. The molecule has 0 radical (unpaired) electrons. The van der Waals surface area contributed by atoms with Crippen LogP contribution >= 0.6 is 0 Å². The van der Waals surface area contributed by atoms with E-state index in [1.807, 2.05) is 0 Å². The van der Waals surface area contributed by atoms with E-state index < -0.39 is 22.0 Å². The van der Waals surface area contributed by atoms with Crippen molar-refractivity contribution < 1.29 is 23.1 Å². The predicted octanol–water partition coefficient (Wildman–Crippen LogP) is -0.426. The van der Waals surface area contributed by atoms with Gasteiger partial charge in [0.25, 0.3) is 0 Å². The van der Waals surface area contributed by atoms with Crippen LogP contribution < -0.4 is 10.0 Å². The molecule has 20 heavy (non-hydrogen) atoms. The Labute approximate surface area is 118 Å². The molecular formula is C11H21N3O5S. The Morgan fingerprint density at radius 3 is 2.40 bits per heavy atom. The number of aliphatic carboxylic acids is 1. The normalized spacial score (nSPS) is 16.1. The van der Waals surface area contributed by atoms with E-state index in [1.54, 1.807) is 0 Å². The zero-order valence-corrected chi connectivity index (χ0v) is 12.3. The monoisotopic (exact) mass is 307 g/mol. The fourth-order valence-corrected chi connectivity index (χ4v) is 2.80. The molecule has 8 nitrogen and oxygen atoms in total. The predicted molar refractivity (Wildman–Crippen MR) is 72.8 cm³/mol. The lowest BCUT2D eigenvalue weighted by atomic mass is 10.2. The molecule has 0 unspecified atom stereocenters. The van der Waals surface area contributed by atoms with Gasteiger partial charge in [-0.15, -0.1) is 0 Å². The van der Waals surface area contributed by atoms with Gasteiger partial charge in [0.15, 0.2) is 0 Å². The fraction of sp³-hybridized carbons (Fsp3) is 0.818. The molecule has 1 aliphatic rings. The van der Waals surface area contributed by atoms with Crippen LogP contribution in [0.25, 0.3) is 0 Å². The minimum Gasteiger partial charge on any atom is -0.480 e. The van der Waals surface area contributed by atoms with E-state index in [0.29, 0.717) is 0 Å². The number of rotatable bonds is 7. The Balaban J connectivity index is 2.52. The molecule has 1 rings (SSSR count). The molecule has 116 valence electrons. The van der Waals surface area contributed by atoms with Gasteiger partial charge in [-0.2, -0.15) is 0 Å². The van der Waals surface area contributed by atoms with Crippen molar-refractivity contribution in [2.75, 3.05) is 25.9 Å². The van der Waals surface area contributed by atoms with E-state index in [2.05, 4.69) is 10.0 Å². The topological polar surface area (TPSA) is 116 Å². The van der Waals surface area contributed by atoms with Crippen molar-refractivity contribution in [3.8, 4) is 0 Å². The first-order chi connectivity index (χ1) is 9.35. The van der Waals surface area contributed by atoms with Gasteiger partial charge in [-0.05, 0) is 19.9 Å². The van der Waals surface area contributed by atoms with Gasteiger partial charge in [0.05, 0.1) is 5.75 Å². The molecule has 9 heteroatoms. The van der Waals surface area contributed by atoms with Crippen LogP contribution in [0.1, 0.15) is 25.7 Å². The molecule has 0 spiro atoms. The summed E-state index contributed by atoms with van der Waals surface area (Å²) in [5, 5.41) is 11.3. The number of hydrogen-bond donors (Lipinski definition) is 3. The van der Waals surface area contributed by atoms with Gasteiger partial charge >= 0.3 is 12.0 Å². The molecular weight excluding hydrogens is 286 g/mol. The number of carbonyl (C=O) groups excluding carboxylic acids is 1. The van der Waals surface area contributed by atoms with Crippen LogP contribution in [0, 0.1) is 0 Å². The van der Waals surface area contributed by atoms with Crippen LogP contribution in [0.5, 0.6) is 0 Å². The maximum Gasteiger partial charge on any atom is 0.323 e. The Morgan fingerprint density at radius 1 is 1.30 bits per heavy atom. The summed E-state index contributed by atoms with van der Waals surface area (Å²) >= 11 is 0. The first kappa shape index (κ1) is 16.7. The summed E-state index contributed by atoms with van der Waals surface area (Å²) in [4.78, 5) is 24.1. The largest absolute Gasteiger partial charge is 0.480 e. The van der Waals surface area contributed by atoms with Crippen molar-refractivity contribution in [1.82, 2.24) is 14.9 Å². The van der Waals surface area contributed by atoms with Gasteiger partial charge in [0, 0.05) is 12.6 Å². The molecule has 0 saturated heterocycles. The minimum absolute atomic E-state index is 0.0507. The lowest BCUT2D eigenvalue weighted by Crippen LogP contribution is -2.48. The third kappa shape index (κ3) is 5.33. The number of carboxylic acids is 1. The van der Waals surface area contributed by atoms with E-state index in [9.17, 15) is 18.0 Å². The number of nitrogens with one attached hydrogen (secondary N) is 2. The number of amides is 2. The third-order valence-corrected chi connectivity index (χ3v) is 4.65. The number of nitrogens with zero attached hydrogens (tertiary/aromatic N) is 1. The molecule has 0 aromatic carbocycles. The fourth-order valence-electron chi connectivity index (χ4n) is 2.22. The van der Waals surface area contributed by atoms with Gasteiger partial charge in [-0.25, -0.2) is 17.9 Å². The molecule has 3 N–H and O–H groups in total. The van der Waals surface area contributed by atoms with Crippen LogP contribution in [0.4, 0.5) is 4.79 Å². The SMILES string of the molecule is CNS(=O)(=O)CCNC(=O)N(CC(=O)O)C1CCCC1. The van der Waals surface area contributed by atoms with Crippen LogP contribution in [-0.2, 0) is 14.8 Å². The highest BCUT2D eigenvalue weighted by Gasteiger charge is 2.28. The summed E-state index contributed by atoms with van der Waals surface area (Å²) in [5.41, 5.74) is 0. The molecule has 1 fully saturated rings. The highest BCUT2D eigenvalue weighted by atomic mass is 32.2. The average molecular weight is 307 g/mol. The zero-order valence-electron chi connectivity index (χ0n) is 11.5. The third-order valence-electron chi connectivity index (χ3n) is 3.29. The standard InChI is InChI=1S/C11H21N3O5S/c1-12-20(18,19)7-6-13-11(17)14(8-10(15)16)9-4-2-3-5-9/h9,12H,2-8H2,1H3,(H,13,17)(H,15,16). The van der Waals surface area contributed by atoms with Crippen molar-refractivity contribution in [2.45, 2.75) is 31.7 Å². The second kappa shape index (κ2) is 7.44. The molecule has 2 amide bonds. The molecule has 1 saturated carbocycles. The molecule has 0 atom stereocenters. The molecule has 0 aliphatic heterocycles. The van der Waals surface area contributed by atoms with E-state index in [0.717, 1.165) is 25.7 Å². The van der Waals surface area contributed by atoms with Gasteiger partial charge in [0.2, 0.25) is 10.0 Å². The Bertz CT molecular complexity index is 445.